The predicted octanol–water partition coefficient (Wildman–Crippen LogP) is 7.46. The standard InChI is InChI=1S/C25H34S/c1-4-17-7-14(1)10-20(17)23-13-26-25(22-12-16-3-6-19(22)9-16)24(23)21-11-15-2-5-18(21)8-15/h13-22H,1-12H2/t14-,15-,16-,17+,18+,19+,20+,21+,22+/m0/s1. The molecule has 0 nitrogen and oxygen atoms in total. The summed E-state index contributed by atoms with van der Waals surface area (Å²) in [6, 6.07) is 0. The van der Waals surface area contributed by atoms with Crippen LogP contribution in [0.1, 0.15) is 111 Å². The van der Waals surface area contributed by atoms with Gasteiger partial charge in [0.25, 0.3) is 0 Å². The molecule has 6 aliphatic carbocycles. The Balaban J connectivity index is 1.31. The molecule has 6 saturated carbocycles. The molecule has 26 heavy (non-hydrogen) atoms. The smallest absolute Gasteiger partial charge is 0.0117 e. The highest BCUT2D eigenvalue weighted by atomic mass is 32.1. The van der Waals surface area contributed by atoms with Crippen LogP contribution in [0.25, 0.3) is 0 Å². The molecule has 6 fully saturated rings. The number of fused-ring (bicyclic) bond motifs is 6. The zero-order valence-corrected chi connectivity index (χ0v) is 17.0. The van der Waals surface area contributed by atoms with Crippen molar-refractivity contribution >= 4 is 11.3 Å². The molecule has 6 aliphatic rings. The fourth-order valence-corrected chi connectivity index (χ4v) is 10.6. The van der Waals surface area contributed by atoms with Gasteiger partial charge in [-0.25, -0.2) is 0 Å². The normalized spacial score (nSPS) is 51.2. The first-order valence-electron chi connectivity index (χ1n) is 11.9. The summed E-state index contributed by atoms with van der Waals surface area (Å²) in [5.74, 6) is 9.35. The molecule has 0 unspecified atom stereocenters. The second-order valence-corrected chi connectivity index (χ2v) is 12.2. The van der Waals surface area contributed by atoms with Crippen molar-refractivity contribution in [3.63, 3.8) is 0 Å². The van der Waals surface area contributed by atoms with Crippen molar-refractivity contribution in [1.82, 2.24) is 0 Å². The van der Waals surface area contributed by atoms with E-state index >= 15 is 0 Å². The SMILES string of the molecule is c1sc([C@@H]2C[C@H]3CC[C@@H]2C3)c([C@@H]2C[C@H]3CC[C@@H]2C3)c1[C@@H]1C[C@H]2CC[C@@H]1C2. The zero-order valence-electron chi connectivity index (χ0n) is 16.2. The van der Waals surface area contributed by atoms with Gasteiger partial charge in [0.2, 0.25) is 0 Å². The number of thiophene rings is 1. The lowest BCUT2D eigenvalue weighted by molar-refractivity contribution is 0.384. The molecular formula is C25H34S. The summed E-state index contributed by atoms with van der Waals surface area (Å²) in [5, 5.41) is 2.72. The molecular weight excluding hydrogens is 332 g/mol. The van der Waals surface area contributed by atoms with Gasteiger partial charge in [-0.3, -0.25) is 0 Å². The van der Waals surface area contributed by atoms with Gasteiger partial charge >= 0.3 is 0 Å². The predicted molar refractivity (Wildman–Crippen MR) is 109 cm³/mol. The molecule has 1 heteroatoms. The van der Waals surface area contributed by atoms with Crippen molar-refractivity contribution in [2.75, 3.05) is 0 Å². The fraction of sp³-hybridized carbons (Fsp3) is 0.840. The minimum atomic E-state index is 0.964. The molecule has 9 atom stereocenters. The van der Waals surface area contributed by atoms with E-state index in [1.165, 1.54) is 0 Å². The molecule has 0 radical (unpaired) electrons. The van der Waals surface area contributed by atoms with Crippen LogP contribution in [0.2, 0.25) is 0 Å². The molecule has 1 aromatic rings. The Bertz CT molecular complexity index is 670. The molecule has 0 amide bonds. The summed E-state index contributed by atoms with van der Waals surface area (Å²) in [4.78, 5) is 1.94. The molecule has 1 aromatic heterocycles. The minimum absolute atomic E-state index is 0.964. The van der Waals surface area contributed by atoms with Gasteiger partial charge in [0.1, 0.15) is 0 Å². The van der Waals surface area contributed by atoms with E-state index in [2.05, 4.69) is 16.7 Å². The maximum atomic E-state index is 2.72. The summed E-state index contributed by atoms with van der Waals surface area (Å²) in [5.41, 5.74) is 3.91. The quantitative estimate of drug-likeness (QED) is 0.521. The van der Waals surface area contributed by atoms with Crippen LogP contribution in [-0.2, 0) is 0 Å². The van der Waals surface area contributed by atoms with Gasteiger partial charge in [0, 0.05) is 4.88 Å². The van der Waals surface area contributed by atoms with Crippen LogP contribution < -0.4 is 0 Å². The number of rotatable bonds is 3. The van der Waals surface area contributed by atoms with Gasteiger partial charge in [-0.2, -0.15) is 0 Å². The fourth-order valence-electron chi connectivity index (χ4n) is 9.16. The third kappa shape index (κ3) is 2.13. The maximum absolute atomic E-state index is 2.72. The molecule has 140 valence electrons. The van der Waals surface area contributed by atoms with Crippen LogP contribution in [0.5, 0.6) is 0 Å². The summed E-state index contributed by atoms with van der Waals surface area (Å²) < 4.78 is 0. The first kappa shape index (κ1) is 15.6. The monoisotopic (exact) mass is 366 g/mol. The van der Waals surface area contributed by atoms with Crippen molar-refractivity contribution < 1.29 is 0 Å². The van der Waals surface area contributed by atoms with Crippen molar-refractivity contribution in [2.24, 2.45) is 35.5 Å². The van der Waals surface area contributed by atoms with Crippen molar-refractivity contribution in [3.8, 4) is 0 Å². The van der Waals surface area contributed by atoms with E-state index in [4.69, 9.17) is 0 Å². The van der Waals surface area contributed by atoms with Gasteiger partial charge in [-0.05, 0) is 128 Å². The molecule has 0 aromatic carbocycles. The molecule has 6 bridgehead atoms. The summed E-state index contributed by atoms with van der Waals surface area (Å²) in [6.07, 6.45) is 18.7. The lowest BCUT2D eigenvalue weighted by Crippen LogP contribution is -2.17. The average Bonchev–Trinajstić information content (AvgIpc) is 3.49. The Hall–Kier alpha value is -0.300. The van der Waals surface area contributed by atoms with E-state index in [-0.39, 0.29) is 0 Å². The maximum Gasteiger partial charge on any atom is 0.0117 e. The minimum Gasteiger partial charge on any atom is -0.148 e. The number of hydrogen-bond donors (Lipinski definition) is 0. The Labute approximate surface area is 163 Å². The Morgan fingerprint density at radius 3 is 1.62 bits per heavy atom. The van der Waals surface area contributed by atoms with Gasteiger partial charge in [-0.15, -0.1) is 11.3 Å². The van der Waals surface area contributed by atoms with E-state index < -0.39 is 0 Å². The zero-order chi connectivity index (χ0) is 16.8. The summed E-state index contributed by atoms with van der Waals surface area (Å²) >= 11 is 2.24. The lowest BCUT2D eigenvalue weighted by Gasteiger charge is -2.31. The van der Waals surface area contributed by atoms with E-state index in [1.807, 2.05) is 16.0 Å². The van der Waals surface area contributed by atoms with Gasteiger partial charge < -0.3 is 0 Å². The average molecular weight is 367 g/mol. The molecule has 0 aliphatic heterocycles. The molecule has 0 saturated heterocycles. The first-order chi connectivity index (χ1) is 12.8. The van der Waals surface area contributed by atoms with E-state index in [9.17, 15) is 0 Å². The molecule has 7 rings (SSSR count). The number of hydrogen-bond acceptors (Lipinski definition) is 1. The second-order valence-electron chi connectivity index (χ2n) is 11.3. The van der Waals surface area contributed by atoms with Crippen LogP contribution in [0, 0.1) is 35.5 Å². The van der Waals surface area contributed by atoms with Gasteiger partial charge in [0.05, 0.1) is 0 Å². The van der Waals surface area contributed by atoms with E-state index in [0.717, 1.165) is 53.3 Å². The summed E-state index contributed by atoms with van der Waals surface area (Å²) in [7, 11) is 0. The molecule has 0 spiro atoms. The highest BCUT2D eigenvalue weighted by Crippen LogP contribution is 2.62. The van der Waals surface area contributed by atoms with Gasteiger partial charge in [0.15, 0.2) is 0 Å². The van der Waals surface area contributed by atoms with Crippen LogP contribution in [0.3, 0.4) is 0 Å². The molecule has 1 heterocycles. The Morgan fingerprint density at radius 2 is 1.12 bits per heavy atom. The third-order valence-corrected chi connectivity index (χ3v) is 11.4. The topological polar surface area (TPSA) is 0 Å². The first-order valence-corrected chi connectivity index (χ1v) is 12.8. The van der Waals surface area contributed by atoms with Crippen LogP contribution in [-0.4, -0.2) is 0 Å². The highest BCUT2D eigenvalue weighted by molar-refractivity contribution is 7.10. The highest BCUT2D eigenvalue weighted by Gasteiger charge is 2.48. The Morgan fingerprint density at radius 1 is 0.577 bits per heavy atom. The largest absolute Gasteiger partial charge is 0.148 e. The van der Waals surface area contributed by atoms with E-state index in [0.29, 0.717) is 0 Å². The second kappa shape index (κ2) is 5.62. The van der Waals surface area contributed by atoms with Crippen LogP contribution >= 0.6 is 11.3 Å². The van der Waals surface area contributed by atoms with Crippen molar-refractivity contribution in [3.05, 3.63) is 21.4 Å². The molecule has 0 N–H and O–H groups in total. The van der Waals surface area contributed by atoms with Crippen molar-refractivity contribution in [2.45, 2.75) is 94.8 Å². The summed E-state index contributed by atoms with van der Waals surface area (Å²) in [6.45, 7) is 0. The van der Waals surface area contributed by atoms with Crippen LogP contribution in [0.15, 0.2) is 5.38 Å². The van der Waals surface area contributed by atoms with E-state index in [1.54, 1.807) is 77.0 Å². The third-order valence-electron chi connectivity index (χ3n) is 10.2. The van der Waals surface area contributed by atoms with Crippen LogP contribution in [0.4, 0.5) is 0 Å². The van der Waals surface area contributed by atoms with Crippen molar-refractivity contribution in [1.29, 1.82) is 0 Å². The van der Waals surface area contributed by atoms with Gasteiger partial charge in [-0.1, -0.05) is 19.3 Å². The lowest BCUT2D eigenvalue weighted by atomic mass is 9.74. The Kier molecular flexibility index (Phi) is 3.37.